The third-order valence-corrected chi connectivity index (χ3v) is 5.67. The van der Waals surface area contributed by atoms with E-state index in [1.807, 2.05) is 6.07 Å². The summed E-state index contributed by atoms with van der Waals surface area (Å²) in [6.45, 7) is 1.75. The maximum atomic E-state index is 13.7. The number of aryl methyl sites for hydroxylation is 1. The van der Waals surface area contributed by atoms with Crippen molar-refractivity contribution < 1.29 is 14.0 Å². The lowest BCUT2D eigenvalue weighted by Crippen LogP contribution is -2.16. The molecular formula is C19H17N2O4P. The molecule has 6 nitrogen and oxygen atoms in total. The Kier molecular flexibility index (Phi) is 5.05. The quantitative estimate of drug-likeness (QED) is 0.380. The van der Waals surface area contributed by atoms with Crippen LogP contribution in [0.2, 0.25) is 0 Å². The van der Waals surface area contributed by atoms with Gasteiger partial charge in [-0.3, -0.25) is 10.1 Å². The summed E-state index contributed by atoms with van der Waals surface area (Å²) >= 11 is 0. The third kappa shape index (κ3) is 3.92. The molecule has 3 rings (SSSR count). The Morgan fingerprint density at radius 3 is 2.19 bits per heavy atom. The molecule has 0 aliphatic carbocycles. The van der Waals surface area contributed by atoms with Crippen molar-refractivity contribution in [3.05, 3.63) is 94.5 Å². The molecule has 3 aromatic rings. The lowest BCUT2D eigenvalue weighted by Gasteiger charge is -2.21. The van der Waals surface area contributed by atoms with Crippen LogP contribution in [-0.2, 0) is 4.57 Å². The van der Waals surface area contributed by atoms with E-state index >= 15 is 0 Å². The number of rotatable bonds is 6. The van der Waals surface area contributed by atoms with Crippen LogP contribution >= 0.6 is 7.52 Å². The van der Waals surface area contributed by atoms with E-state index in [0.717, 1.165) is 5.56 Å². The Bertz CT molecular complexity index is 962. The van der Waals surface area contributed by atoms with Crippen molar-refractivity contribution in [2.75, 3.05) is 5.09 Å². The third-order valence-electron chi connectivity index (χ3n) is 3.68. The summed E-state index contributed by atoms with van der Waals surface area (Å²) < 4.78 is 19.4. The number of hydrogen-bond acceptors (Lipinski definition) is 4. The Labute approximate surface area is 151 Å². The molecule has 0 bridgehead atoms. The maximum absolute atomic E-state index is 13.7. The topological polar surface area (TPSA) is 81.5 Å². The molecule has 1 unspecified atom stereocenters. The second-order valence-corrected chi connectivity index (χ2v) is 7.71. The van der Waals surface area contributed by atoms with Crippen molar-refractivity contribution in [1.82, 2.24) is 0 Å². The van der Waals surface area contributed by atoms with Gasteiger partial charge in [-0.15, -0.1) is 0 Å². The molecule has 0 heterocycles. The second kappa shape index (κ2) is 7.42. The fourth-order valence-electron chi connectivity index (χ4n) is 2.43. The number of para-hydroxylation sites is 1. The summed E-state index contributed by atoms with van der Waals surface area (Å²) in [7, 11) is -3.65. The molecule has 0 aromatic heterocycles. The SMILES string of the molecule is Cc1ccc(OP(=O)(Nc2ccccc2)c2ccccc2)c([N+](=O)[O-])c1. The van der Waals surface area contributed by atoms with Gasteiger partial charge in [-0.2, -0.15) is 0 Å². The summed E-state index contributed by atoms with van der Waals surface area (Å²) in [5.41, 5.74) is 1.08. The van der Waals surface area contributed by atoms with Crippen molar-refractivity contribution in [1.29, 1.82) is 0 Å². The van der Waals surface area contributed by atoms with Crippen LogP contribution in [0.15, 0.2) is 78.9 Å². The van der Waals surface area contributed by atoms with Crippen LogP contribution in [0, 0.1) is 17.0 Å². The number of nitrogens with one attached hydrogen (secondary N) is 1. The van der Waals surface area contributed by atoms with Gasteiger partial charge in [0.2, 0.25) is 5.75 Å². The minimum absolute atomic E-state index is 0.0452. The Morgan fingerprint density at radius 1 is 0.962 bits per heavy atom. The molecule has 0 saturated heterocycles. The first-order valence-corrected chi connectivity index (χ1v) is 9.54. The number of benzene rings is 3. The minimum Gasteiger partial charge on any atom is -0.418 e. The van der Waals surface area contributed by atoms with E-state index in [4.69, 9.17) is 4.52 Å². The molecule has 132 valence electrons. The van der Waals surface area contributed by atoms with E-state index in [1.54, 1.807) is 67.6 Å². The summed E-state index contributed by atoms with van der Waals surface area (Å²) in [5, 5.41) is 14.7. The molecule has 1 atom stereocenters. The Morgan fingerprint density at radius 2 is 1.58 bits per heavy atom. The predicted molar refractivity (Wildman–Crippen MR) is 102 cm³/mol. The van der Waals surface area contributed by atoms with E-state index in [1.165, 1.54) is 12.1 Å². The van der Waals surface area contributed by atoms with Gasteiger partial charge in [-0.1, -0.05) is 42.5 Å². The van der Waals surface area contributed by atoms with Gasteiger partial charge in [0, 0.05) is 11.8 Å². The number of nitrogens with zero attached hydrogens (tertiary/aromatic N) is 1. The molecule has 3 aromatic carbocycles. The Balaban J connectivity index is 2.05. The molecule has 0 aliphatic heterocycles. The average molecular weight is 368 g/mol. The van der Waals surface area contributed by atoms with Crippen LogP contribution in [0.3, 0.4) is 0 Å². The highest BCUT2D eigenvalue weighted by atomic mass is 31.2. The number of nitro benzene ring substituents is 1. The molecule has 0 radical (unpaired) electrons. The van der Waals surface area contributed by atoms with Gasteiger partial charge < -0.3 is 9.61 Å². The highest BCUT2D eigenvalue weighted by molar-refractivity contribution is 7.68. The molecule has 1 N–H and O–H groups in total. The fraction of sp³-hybridized carbons (Fsp3) is 0.0526. The monoisotopic (exact) mass is 368 g/mol. The van der Waals surface area contributed by atoms with E-state index in [0.29, 0.717) is 11.0 Å². The van der Waals surface area contributed by atoms with E-state index in [-0.39, 0.29) is 11.4 Å². The highest BCUT2D eigenvalue weighted by Crippen LogP contribution is 2.48. The second-order valence-electron chi connectivity index (χ2n) is 5.68. The standard InChI is InChI=1S/C19H17N2O4P/c1-15-12-13-19(18(14-15)21(22)23)25-26(24,17-10-6-3-7-11-17)20-16-8-4-2-5-9-16/h2-14H,1H3,(H,20,24). The van der Waals surface area contributed by atoms with Crippen LogP contribution in [0.5, 0.6) is 5.75 Å². The average Bonchev–Trinajstić information content (AvgIpc) is 2.64. The van der Waals surface area contributed by atoms with E-state index in [2.05, 4.69) is 5.09 Å². The predicted octanol–water partition coefficient (Wildman–Crippen LogP) is 4.91. The van der Waals surface area contributed by atoms with Gasteiger partial charge in [0.1, 0.15) is 0 Å². The van der Waals surface area contributed by atoms with Crippen LogP contribution < -0.4 is 14.9 Å². The molecule has 26 heavy (non-hydrogen) atoms. The number of hydrogen-bond donors (Lipinski definition) is 1. The summed E-state index contributed by atoms with van der Waals surface area (Å²) in [4.78, 5) is 10.8. The lowest BCUT2D eigenvalue weighted by molar-refractivity contribution is -0.385. The molecule has 0 aliphatic rings. The van der Waals surface area contributed by atoms with Gasteiger partial charge in [0.15, 0.2) is 0 Å². The van der Waals surface area contributed by atoms with Gasteiger partial charge in [0.25, 0.3) is 0 Å². The van der Waals surface area contributed by atoms with Crippen LogP contribution in [0.25, 0.3) is 0 Å². The fourth-order valence-corrected chi connectivity index (χ4v) is 4.20. The molecular weight excluding hydrogens is 351 g/mol. The van der Waals surface area contributed by atoms with Gasteiger partial charge in [-0.05, 0) is 42.8 Å². The lowest BCUT2D eigenvalue weighted by atomic mass is 10.2. The smallest absolute Gasteiger partial charge is 0.371 e. The first kappa shape index (κ1) is 17.7. The van der Waals surface area contributed by atoms with Gasteiger partial charge >= 0.3 is 13.2 Å². The van der Waals surface area contributed by atoms with Crippen LogP contribution in [0.1, 0.15) is 5.56 Å². The molecule has 7 heteroatoms. The molecule has 0 spiro atoms. The Hall–Kier alpha value is -3.11. The largest absolute Gasteiger partial charge is 0.418 e. The summed E-state index contributed by atoms with van der Waals surface area (Å²) in [6.07, 6.45) is 0. The summed E-state index contributed by atoms with van der Waals surface area (Å²) in [6, 6.07) is 22.1. The van der Waals surface area contributed by atoms with E-state index in [9.17, 15) is 14.7 Å². The number of nitro groups is 1. The molecule has 0 fully saturated rings. The zero-order chi connectivity index (χ0) is 18.6. The maximum Gasteiger partial charge on any atom is 0.371 e. The van der Waals surface area contributed by atoms with Crippen molar-refractivity contribution in [2.45, 2.75) is 6.92 Å². The highest BCUT2D eigenvalue weighted by Gasteiger charge is 2.31. The number of anilines is 1. The van der Waals surface area contributed by atoms with Crippen molar-refractivity contribution in [3.8, 4) is 5.75 Å². The molecule has 0 saturated carbocycles. The van der Waals surface area contributed by atoms with Crippen molar-refractivity contribution >= 4 is 24.2 Å². The van der Waals surface area contributed by atoms with Crippen LogP contribution in [0.4, 0.5) is 11.4 Å². The van der Waals surface area contributed by atoms with Crippen LogP contribution in [-0.4, -0.2) is 4.92 Å². The zero-order valence-electron chi connectivity index (χ0n) is 14.0. The molecule has 0 amide bonds. The first-order chi connectivity index (χ1) is 12.5. The van der Waals surface area contributed by atoms with Crippen molar-refractivity contribution in [2.24, 2.45) is 0 Å². The first-order valence-electron chi connectivity index (χ1n) is 7.91. The van der Waals surface area contributed by atoms with E-state index < -0.39 is 12.4 Å². The van der Waals surface area contributed by atoms with Gasteiger partial charge in [-0.25, -0.2) is 4.57 Å². The van der Waals surface area contributed by atoms with Crippen molar-refractivity contribution in [3.63, 3.8) is 0 Å². The summed E-state index contributed by atoms with van der Waals surface area (Å²) in [5.74, 6) is -0.0452. The van der Waals surface area contributed by atoms with Gasteiger partial charge in [0.05, 0.1) is 10.2 Å². The minimum atomic E-state index is -3.65. The normalized spacial score (nSPS) is 12.8. The zero-order valence-corrected chi connectivity index (χ0v) is 14.9.